The molecule has 1 aromatic carbocycles. The quantitative estimate of drug-likeness (QED) is 0.354. The SMILES string of the molecule is CCCCCCCN1CC[C@@H](CCC(O)c2ccnc3ccc(N)cc23)[C@@H](CC)C1. The van der Waals surface area contributed by atoms with Gasteiger partial charge in [0.2, 0.25) is 0 Å². The molecule has 0 bridgehead atoms. The molecule has 166 valence electrons. The molecular weight excluding hydrogens is 370 g/mol. The number of hydrogen-bond donors (Lipinski definition) is 2. The number of nitrogen functional groups attached to an aromatic ring is 1. The summed E-state index contributed by atoms with van der Waals surface area (Å²) in [6, 6.07) is 7.69. The van der Waals surface area contributed by atoms with Crippen LogP contribution in [0.25, 0.3) is 10.9 Å². The number of likely N-dealkylation sites (tertiary alicyclic amines) is 1. The monoisotopic (exact) mass is 411 g/mol. The predicted molar refractivity (Wildman–Crippen MR) is 127 cm³/mol. The highest BCUT2D eigenvalue weighted by atomic mass is 16.3. The zero-order valence-electron chi connectivity index (χ0n) is 19.0. The van der Waals surface area contributed by atoms with Gasteiger partial charge in [0.05, 0.1) is 11.6 Å². The van der Waals surface area contributed by atoms with Crippen molar-refractivity contribution >= 4 is 16.6 Å². The van der Waals surface area contributed by atoms with E-state index in [2.05, 4.69) is 23.7 Å². The first-order chi connectivity index (χ1) is 14.6. The molecule has 0 spiro atoms. The van der Waals surface area contributed by atoms with Gasteiger partial charge in [-0.1, -0.05) is 46.0 Å². The summed E-state index contributed by atoms with van der Waals surface area (Å²) in [5.74, 6) is 1.48. The molecule has 4 heteroatoms. The van der Waals surface area contributed by atoms with Crippen molar-refractivity contribution in [3.8, 4) is 0 Å². The van der Waals surface area contributed by atoms with Crippen molar-refractivity contribution in [2.45, 2.75) is 77.7 Å². The first-order valence-corrected chi connectivity index (χ1v) is 12.2. The van der Waals surface area contributed by atoms with E-state index < -0.39 is 6.10 Å². The molecule has 4 nitrogen and oxygen atoms in total. The van der Waals surface area contributed by atoms with Crippen molar-refractivity contribution in [3.05, 3.63) is 36.0 Å². The second kappa shape index (κ2) is 11.7. The van der Waals surface area contributed by atoms with Crippen LogP contribution in [-0.4, -0.2) is 34.6 Å². The summed E-state index contributed by atoms with van der Waals surface area (Å²) in [5.41, 5.74) is 8.56. The van der Waals surface area contributed by atoms with E-state index in [1.165, 1.54) is 64.6 Å². The zero-order chi connectivity index (χ0) is 21.3. The van der Waals surface area contributed by atoms with Gasteiger partial charge in [-0.2, -0.15) is 0 Å². The molecule has 3 N–H and O–H groups in total. The Kier molecular flexibility index (Phi) is 8.95. The lowest BCUT2D eigenvalue weighted by molar-refractivity contribution is 0.0903. The molecule has 1 aliphatic rings. The summed E-state index contributed by atoms with van der Waals surface area (Å²) in [4.78, 5) is 7.10. The first-order valence-electron chi connectivity index (χ1n) is 12.2. The number of aliphatic hydroxyl groups is 1. The van der Waals surface area contributed by atoms with Crippen LogP contribution in [0.5, 0.6) is 0 Å². The second-order valence-electron chi connectivity index (χ2n) is 9.20. The Bertz CT molecular complexity index is 778. The number of aliphatic hydroxyl groups excluding tert-OH is 1. The minimum absolute atomic E-state index is 0.452. The molecule has 3 rings (SSSR count). The maximum atomic E-state index is 11.0. The van der Waals surface area contributed by atoms with E-state index in [1.807, 2.05) is 24.3 Å². The van der Waals surface area contributed by atoms with Gasteiger partial charge in [0, 0.05) is 23.8 Å². The number of benzene rings is 1. The van der Waals surface area contributed by atoms with Crippen molar-refractivity contribution in [2.75, 3.05) is 25.4 Å². The van der Waals surface area contributed by atoms with Crippen LogP contribution in [0.2, 0.25) is 0 Å². The van der Waals surface area contributed by atoms with E-state index in [0.29, 0.717) is 0 Å². The van der Waals surface area contributed by atoms with E-state index in [-0.39, 0.29) is 0 Å². The average Bonchev–Trinajstić information content (AvgIpc) is 2.77. The van der Waals surface area contributed by atoms with Crippen molar-refractivity contribution in [1.29, 1.82) is 0 Å². The first kappa shape index (κ1) is 23.0. The molecule has 1 unspecified atom stereocenters. The summed E-state index contributed by atoms with van der Waals surface area (Å²) in [6.45, 7) is 8.33. The Morgan fingerprint density at radius 3 is 2.77 bits per heavy atom. The number of fused-ring (bicyclic) bond motifs is 1. The minimum atomic E-state index is -0.452. The molecule has 30 heavy (non-hydrogen) atoms. The van der Waals surface area contributed by atoms with Crippen molar-refractivity contribution in [1.82, 2.24) is 9.88 Å². The lowest BCUT2D eigenvalue weighted by Gasteiger charge is -2.39. The van der Waals surface area contributed by atoms with Gasteiger partial charge in [-0.3, -0.25) is 4.98 Å². The number of nitrogens with zero attached hydrogens (tertiary/aromatic N) is 2. The van der Waals surface area contributed by atoms with E-state index >= 15 is 0 Å². The summed E-state index contributed by atoms with van der Waals surface area (Å²) in [7, 11) is 0. The van der Waals surface area contributed by atoms with Crippen LogP contribution >= 0.6 is 0 Å². The number of unbranched alkanes of at least 4 members (excludes halogenated alkanes) is 4. The second-order valence-corrected chi connectivity index (χ2v) is 9.20. The van der Waals surface area contributed by atoms with Crippen LogP contribution in [0.15, 0.2) is 30.5 Å². The summed E-state index contributed by atoms with van der Waals surface area (Å²) in [6.07, 6.45) is 12.6. The van der Waals surface area contributed by atoms with E-state index in [1.54, 1.807) is 6.20 Å². The number of piperidine rings is 1. The third kappa shape index (κ3) is 6.18. The Morgan fingerprint density at radius 1 is 1.13 bits per heavy atom. The lowest BCUT2D eigenvalue weighted by atomic mass is 9.80. The van der Waals surface area contributed by atoms with Crippen LogP contribution in [-0.2, 0) is 0 Å². The van der Waals surface area contributed by atoms with Gasteiger partial charge in [0.1, 0.15) is 0 Å². The fraction of sp³-hybridized carbons (Fsp3) is 0.654. The highest BCUT2D eigenvalue weighted by Crippen LogP contribution is 2.34. The molecule has 1 fully saturated rings. The maximum absolute atomic E-state index is 11.0. The van der Waals surface area contributed by atoms with Crippen LogP contribution in [0.3, 0.4) is 0 Å². The molecule has 1 aliphatic heterocycles. The van der Waals surface area contributed by atoms with Gasteiger partial charge >= 0.3 is 0 Å². The summed E-state index contributed by atoms with van der Waals surface area (Å²) >= 11 is 0. The standard InChI is InChI=1S/C26H41N3O/c1-3-5-6-7-8-16-29-17-14-21(20(4-2)19-29)9-12-26(30)23-13-15-28-25-11-10-22(27)18-24(23)25/h10-11,13,15,18,20-21,26,30H,3-9,12,14,16-17,19,27H2,1-2H3/t20-,21+,26?/m0/s1. The molecule has 1 saturated heterocycles. The van der Waals surface area contributed by atoms with E-state index in [4.69, 9.17) is 5.73 Å². The smallest absolute Gasteiger partial charge is 0.0797 e. The highest BCUT2D eigenvalue weighted by Gasteiger charge is 2.28. The van der Waals surface area contributed by atoms with Crippen LogP contribution < -0.4 is 5.73 Å². The molecule has 2 heterocycles. The average molecular weight is 412 g/mol. The number of hydrogen-bond acceptors (Lipinski definition) is 4. The Balaban J connectivity index is 1.51. The van der Waals surface area contributed by atoms with Gasteiger partial charge in [0.25, 0.3) is 0 Å². The van der Waals surface area contributed by atoms with Gasteiger partial charge in [-0.15, -0.1) is 0 Å². The molecule has 3 atom stereocenters. The largest absolute Gasteiger partial charge is 0.399 e. The van der Waals surface area contributed by atoms with Crippen LogP contribution in [0.4, 0.5) is 5.69 Å². The molecule has 0 saturated carbocycles. The zero-order valence-corrected chi connectivity index (χ0v) is 19.0. The topological polar surface area (TPSA) is 62.4 Å². The molecule has 0 amide bonds. The van der Waals surface area contributed by atoms with E-state index in [9.17, 15) is 5.11 Å². The number of rotatable bonds is 11. The van der Waals surface area contributed by atoms with Gasteiger partial charge < -0.3 is 15.7 Å². The Labute approximate surface area is 182 Å². The Morgan fingerprint density at radius 2 is 1.97 bits per heavy atom. The molecule has 1 aromatic heterocycles. The highest BCUT2D eigenvalue weighted by molar-refractivity contribution is 5.85. The summed E-state index contributed by atoms with van der Waals surface area (Å²) in [5, 5.41) is 11.9. The van der Waals surface area contributed by atoms with E-state index in [0.717, 1.165) is 46.8 Å². The van der Waals surface area contributed by atoms with Crippen molar-refractivity contribution < 1.29 is 5.11 Å². The number of aromatic nitrogens is 1. The fourth-order valence-electron chi connectivity index (χ4n) is 5.14. The maximum Gasteiger partial charge on any atom is 0.0797 e. The van der Waals surface area contributed by atoms with Crippen molar-refractivity contribution in [3.63, 3.8) is 0 Å². The third-order valence-electron chi connectivity index (χ3n) is 7.05. The number of nitrogens with two attached hydrogens (primary N) is 1. The molecule has 0 radical (unpaired) electrons. The number of anilines is 1. The van der Waals surface area contributed by atoms with Crippen LogP contribution in [0, 0.1) is 11.8 Å². The predicted octanol–water partition coefficient (Wildman–Crippen LogP) is 5.95. The van der Waals surface area contributed by atoms with Gasteiger partial charge in [-0.25, -0.2) is 0 Å². The van der Waals surface area contributed by atoms with Crippen molar-refractivity contribution in [2.24, 2.45) is 11.8 Å². The fourth-order valence-corrected chi connectivity index (χ4v) is 5.14. The molecule has 0 aliphatic carbocycles. The Hall–Kier alpha value is -1.65. The summed E-state index contributed by atoms with van der Waals surface area (Å²) < 4.78 is 0. The lowest BCUT2D eigenvalue weighted by Crippen LogP contribution is -2.40. The van der Waals surface area contributed by atoms with Gasteiger partial charge in [0.15, 0.2) is 0 Å². The molecular formula is C26H41N3O. The number of pyridine rings is 1. The normalized spacial score (nSPS) is 21.2. The van der Waals surface area contributed by atoms with Gasteiger partial charge in [-0.05, 0) is 80.4 Å². The van der Waals surface area contributed by atoms with Crippen LogP contribution in [0.1, 0.15) is 83.3 Å². The third-order valence-corrected chi connectivity index (χ3v) is 7.05. The minimum Gasteiger partial charge on any atom is -0.399 e. The molecule has 2 aromatic rings.